The summed E-state index contributed by atoms with van der Waals surface area (Å²) in [5, 5.41) is 2.23. The first-order valence-electron chi connectivity index (χ1n) is 4.82. The Labute approximate surface area is 112 Å². The van der Waals surface area contributed by atoms with E-state index in [2.05, 4.69) is 0 Å². The van der Waals surface area contributed by atoms with Gasteiger partial charge in [-0.1, -0.05) is 23.7 Å². The van der Waals surface area contributed by atoms with Crippen LogP contribution in [0, 0.1) is 5.82 Å². The number of hydrogen-bond acceptors (Lipinski definition) is 3. The van der Waals surface area contributed by atoms with E-state index in [0.717, 1.165) is 0 Å². The van der Waals surface area contributed by atoms with Gasteiger partial charge >= 0.3 is 0 Å². The molecule has 0 radical (unpaired) electrons. The van der Waals surface area contributed by atoms with Crippen molar-refractivity contribution in [3.8, 4) is 0 Å². The molecule has 0 fully saturated rings. The molecule has 1 aromatic carbocycles. The van der Waals surface area contributed by atoms with Crippen molar-refractivity contribution in [1.29, 1.82) is 0 Å². The van der Waals surface area contributed by atoms with Gasteiger partial charge in [-0.3, -0.25) is 4.79 Å². The maximum Gasteiger partial charge on any atom is 0.184 e. The van der Waals surface area contributed by atoms with Crippen molar-refractivity contribution in [2.45, 2.75) is 4.90 Å². The van der Waals surface area contributed by atoms with Crippen molar-refractivity contribution in [2.75, 3.05) is 5.75 Å². The Kier molecular flexibility index (Phi) is 4.20. The van der Waals surface area contributed by atoms with Gasteiger partial charge in [0.15, 0.2) is 5.78 Å². The second kappa shape index (κ2) is 5.67. The van der Waals surface area contributed by atoms with Gasteiger partial charge in [-0.25, -0.2) is 4.39 Å². The second-order valence-corrected chi connectivity index (χ2v) is 5.58. The molecule has 1 heterocycles. The predicted molar refractivity (Wildman–Crippen MR) is 70.8 cm³/mol. The quantitative estimate of drug-likeness (QED) is 0.607. The second-order valence-electron chi connectivity index (χ2n) is 3.24. The molecular formula is C12H8ClFOS2. The molecule has 0 saturated carbocycles. The third-order valence-electron chi connectivity index (χ3n) is 2.07. The van der Waals surface area contributed by atoms with Gasteiger partial charge in [0.2, 0.25) is 0 Å². The molecule has 0 atom stereocenters. The molecule has 0 saturated heterocycles. The van der Waals surface area contributed by atoms with E-state index in [-0.39, 0.29) is 17.4 Å². The molecule has 0 spiro atoms. The van der Waals surface area contributed by atoms with E-state index in [1.807, 2.05) is 0 Å². The van der Waals surface area contributed by atoms with Gasteiger partial charge < -0.3 is 0 Å². The van der Waals surface area contributed by atoms with Crippen LogP contribution in [0.25, 0.3) is 0 Å². The molecule has 0 aliphatic carbocycles. The number of benzene rings is 1. The molecule has 2 aromatic rings. The van der Waals surface area contributed by atoms with E-state index >= 15 is 0 Å². The highest BCUT2D eigenvalue weighted by atomic mass is 35.5. The summed E-state index contributed by atoms with van der Waals surface area (Å²) in [6.45, 7) is 0. The molecule has 17 heavy (non-hydrogen) atoms. The summed E-state index contributed by atoms with van der Waals surface area (Å²) < 4.78 is 13.3. The smallest absolute Gasteiger partial charge is 0.184 e. The largest absolute Gasteiger partial charge is 0.292 e. The fraction of sp³-hybridized carbons (Fsp3) is 0.0833. The summed E-state index contributed by atoms with van der Waals surface area (Å²) in [6.07, 6.45) is 0. The lowest BCUT2D eigenvalue weighted by atomic mass is 10.3. The number of thioether (sulfide) groups is 1. The van der Waals surface area contributed by atoms with E-state index in [1.54, 1.807) is 29.6 Å². The zero-order valence-electron chi connectivity index (χ0n) is 8.65. The average molecular weight is 287 g/mol. The first-order chi connectivity index (χ1) is 8.18. The summed E-state index contributed by atoms with van der Waals surface area (Å²) in [5.74, 6) is -0.179. The zero-order chi connectivity index (χ0) is 12.3. The highest BCUT2D eigenvalue weighted by Gasteiger charge is 2.13. The van der Waals surface area contributed by atoms with Crippen molar-refractivity contribution < 1.29 is 9.18 Å². The summed E-state index contributed by atoms with van der Waals surface area (Å²) >= 11 is 8.35. The van der Waals surface area contributed by atoms with Crippen LogP contribution in [0.2, 0.25) is 5.02 Å². The van der Waals surface area contributed by atoms with Crippen LogP contribution in [0.5, 0.6) is 0 Å². The van der Waals surface area contributed by atoms with Crippen LogP contribution in [-0.2, 0) is 0 Å². The predicted octanol–water partition coefficient (Wildman–Crippen LogP) is 4.52. The maximum atomic E-state index is 13.3. The molecule has 0 aliphatic rings. The Morgan fingerprint density at radius 3 is 2.76 bits per heavy atom. The lowest BCUT2D eigenvalue weighted by Gasteiger charge is -2.01. The van der Waals surface area contributed by atoms with Crippen LogP contribution in [0.1, 0.15) is 9.67 Å². The average Bonchev–Trinajstić information content (AvgIpc) is 2.74. The van der Waals surface area contributed by atoms with E-state index in [1.165, 1.54) is 29.2 Å². The number of carbonyl (C=O) groups is 1. The summed E-state index contributed by atoms with van der Waals surface area (Å²) in [6, 6.07) is 8.09. The number of hydrogen-bond donors (Lipinski definition) is 0. The maximum absolute atomic E-state index is 13.3. The van der Waals surface area contributed by atoms with Crippen molar-refractivity contribution in [3.63, 3.8) is 0 Å². The summed E-state index contributed by atoms with van der Waals surface area (Å²) in [4.78, 5) is 12.8. The molecule has 0 aliphatic heterocycles. The van der Waals surface area contributed by atoms with Gasteiger partial charge in [-0.2, -0.15) is 0 Å². The number of carbonyl (C=O) groups excluding carboxylic acids is 1. The standard InChI is InChI=1S/C12H8ClFOS2/c13-8-5-6-16-12(8)10(15)7-17-11-4-2-1-3-9(11)14/h1-6H,7H2. The van der Waals surface area contributed by atoms with Crippen LogP contribution in [0.15, 0.2) is 40.6 Å². The fourth-order valence-corrected chi connectivity index (χ4v) is 3.27. The minimum atomic E-state index is -0.303. The normalized spacial score (nSPS) is 10.5. The van der Waals surface area contributed by atoms with Crippen molar-refractivity contribution in [2.24, 2.45) is 0 Å². The SMILES string of the molecule is O=C(CSc1ccccc1F)c1sccc1Cl. The Morgan fingerprint density at radius 2 is 2.12 bits per heavy atom. The third kappa shape index (κ3) is 3.09. The van der Waals surface area contributed by atoms with Gasteiger partial charge in [0, 0.05) is 4.90 Å². The molecule has 2 rings (SSSR count). The van der Waals surface area contributed by atoms with Crippen LogP contribution >= 0.6 is 34.7 Å². The number of thiophene rings is 1. The molecule has 88 valence electrons. The highest BCUT2D eigenvalue weighted by Crippen LogP contribution is 2.26. The van der Waals surface area contributed by atoms with Gasteiger partial charge in [-0.15, -0.1) is 23.1 Å². The van der Waals surface area contributed by atoms with Gasteiger partial charge in [0.05, 0.1) is 15.7 Å². The molecule has 0 amide bonds. The molecule has 1 nitrogen and oxygen atoms in total. The van der Waals surface area contributed by atoms with Crippen LogP contribution in [0.4, 0.5) is 4.39 Å². The molecular weight excluding hydrogens is 279 g/mol. The number of halogens is 2. The molecule has 0 unspecified atom stereocenters. The topological polar surface area (TPSA) is 17.1 Å². The molecule has 1 aromatic heterocycles. The lowest BCUT2D eigenvalue weighted by Crippen LogP contribution is -2.00. The zero-order valence-corrected chi connectivity index (χ0v) is 11.0. The third-order valence-corrected chi connectivity index (χ3v) is 4.50. The Bertz CT molecular complexity index is 539. The van der Waals surface area contributed by atoms with E-state index in [0.29, 0.717) is 14.8 Å². The first kappa shape index (κ1) is 12.6. The summed E-state index contributed by atoms with van der Waals surface area (Å²) in [7, 11) is 0. The van der Waals surface area contributed by atoms with E-state index < -0.39 is 0 Å². The van der Waals surface area contributed by atoms with Crippen LogP contribution in [0.3, 0.4) is 0 Å². The minimum Gasteiger partial charge on any atom is -0.292 e. The van der Waals surface area contributed by atoms with Gasteiger partial charge in [-0.05, 0) is 23.6 Å². The monoisotopic (exact) mass is 286 g/mol. The van der Waals surface area contributed by atoms with Gasteiger partial charge in [0.1, 0.15) is 5.82 Å². The van der Waals surface area contributed by atoms with Crippen molar-refractivity contribution in [3.05, 3.63) is 51.4 Å². The first-order valence-corrected chi connectivity index (χ1v) is 7.06. The summed E-state index contributed by atoms with van der Waals surface area (Å²) in [5.41, 5.74) is 0. The molecule has 5 heteroatoms. The Balaban J connectivity index is 2.02. The minimum absolute atomic E-state index is 0.0711. The van der Waals surface area contributed by atoms with Crippen molar-refractivity contribution in [1.82, 2.24) is 0 Å². The molecule has 0 N–H and O–H groups in total. The fourth-order valence-electron chi connectivity index (χ4n) is 1.26. The lowest BCUT2D eigenvalue weighted by molar-refractivity contribution is 0.102. The van der Waals surface area contributed by atoms with Crippen LogP contribution < -0.4 is 0 Å². The Hall–Kier alpha value is -0.840. The van der Waals surface area contributed by atoms with Crippen LogP contribution in [-0.4, -0.2) is 11.5 Å². The number of rotatable bonds is 4. The number of ketones is 1. The number of Topliss-reactive ketones (excluding diaryl/α,β-unsaturated/α-hetero) is 1. The Morgan fingerprint density at radius 1 is 1.35 bits per heavy atom. The highest BCUT2D eigenvalue weighted by molar-refractivity contribution is 8.00. The van der Waals surface area contributed by atoms with Gasteiger partial charge in [0.25, 0.3) is 0 Å². The van der Waals surface area contributed by atoms with E-state index in [4.69, 9.17) is 11.6 Å². The molecule has 0 bridgehead atoms. The van der Waals surface area contributed by atoms with E-state index in [9.17, 15) is 9.18 Å². The van der Waals surface area contributed by atoms with Crippen molar-refractivity contribution >= 4 is 40.5 Å².